The molecule has 3 aromatic rings. The van der Waals surface area contributed by atoms with Crippen LogP contribution in [0.15, 0.2) is 53.9 Å². The van der Waals surface area contributed by atoms with E-state index in [1.165, 1.54) is 35.6 Å². The van der Waals surface area contributed by atoms with Crippen molar-refractivity contribution in [3.8, 4) is 11.1 Å². The minimum absolute atomic E-state index is 0.208. The van der Waals surface area contributed by atoms with Crippen LogP contribution in [0.4, 0.5) is 9.39 Å². The zero-order valence-electron chi connectivity index (χ0n) is 14.3. The van der Waals surface area contributed by atoms with Crippen molar-refractivity contribution >= 4 is 39.8 Å². The van der Waals surface area contributed by atoms with Crippen molar-refractivity contribution in [2.45, 2.75) is 6.92 Å². The van der Waals surface area contributed by atoms with Crippen LogP contribution in [0.3, 0.4) is 0 Å². The molecule has 1 N–H and O–H groups in total. The van der Waals surface area contributed by atoms with Gasteiger partial charge in [0.15, 0.2) is 0 Å². The Morgan fingerprint density at radius 1 is 1.11 bits per heavy atom. The van der Waals surface area contributed by atoms with Gasteiger partial charge in [0.1, 0.15) is 16.4 Å². The van der Waals surface area contributed by atoms with Crippen molar-refractivity contribution in [2.24, 2.45) is 0 Å². The maximum absolute atomic E-state index is 13.1. The van der Waals surface area contributed by atoms with Crippen molar-refractivity contribution < 1.29 is 18.7 Å². The van der Waals surface area contributed by atoms with Gasteiger partial charge < -0.3 is 10.1 Å². The van der Waals surface area contributed by atoms with Crippen LogP contribution < -0.4 is 5.32 Å². The number of carbonyl (C=O) groups excluding carboxylic acids is 2. The second-order valence-corrected chi connectivity index (χ2v) is 6.86. The number of thiophene rings is 1. The molecule has 0 spiro atoms. The summed E-state index contributed by atoms with van der Waals surface area (Å²) < 4.78 is 18.2. The van der Waals surface area contributed by atoms with Gasteiger partial charge in [0, 0.05) is 21.5 Å². The van der Waals surface area contributed by atoms with Gasteiger partial charge in [-0.25, -0.2) is 9.18 Å². The Morgan fingerprint density at radius 2 is 1.78 bits per heavy atom. The molecule has 0 atom stereocenters. The molecule has 27 heavy (non-hydrogen) atoms. The van der Waals surface area contributed by atoms with Crippen LogP contribution in [0.2, 0.25) is 5.02 Å². The largest absolute Gasteiger partial charge is 0.462 e. The van der Waals surface area contributed by atoms with E-state index in [1.54, 1.807) is 36.6 Å². The number of nitrogens with one attached hydrogen (secondary N) is 1. The van der Waals surface area contributed by atoms with Crippen molar-refractivity contribution in [1.29, 1.82) is 0 Å². The number of hydrogen-bond donors (Lipinski definition) is 1. The molecule has 3 rings (SSSR count). The molecule has 0 aliphatic heterocycles. The van der Waals surface area contributed by atoms with Crippen LogP contribution >= 0.6 is 22.9 Å². The minimum atomic E-state index is -0.530. The average molecular weight is 404 g/mol. The van der Waals surface area contributed by atoms with Gasteiger partial charge in [0.05, 0.1) is 6.61 Å². The highest BCUT2D eigenvalue weighted by Crippen LogP contribution is 2.37. The maximum Gasteiger partial charge on any atom is 0.341 e. The van der Waals surface area contributed by atoms with E-state index in [4.69, 9.17) is 16.3 Å². The van der Waals surface area contributed by atoms with Crippen LogP contribution in [0, 0.1) is 5.82 Å². The fourth-order valence-corrected chi connectivity index (χ4v) is 3.55. The van der Waals surface area contributed by atoms with E-state index in [9.17, 15) is 14.0 Å². The lowest BCUT2D eigenvalue weighted by Gasteiger charge is -2.09. The SMILES string of the molecule is CCOC(=O)c1c(-c2ccc(Cl)cc2)csc1NC(=O)c1ccc(F)cc1. The van der Waals surface area contributed by atoms with Gasteiger partial charge in [-0.1, -0.05) is 23.7 Å². The standard InChI is InChI=1S/C20H15ClFNO3S/c1-2-26-20(25)17-16(12-3-7-14(21)8-4-12)11-27-19(17)23-18(24)13-5-9-15(22)10-6-13/h3-11H,2H2,1H3,(H,23,24). The van der Waals surface area contributed by atoms with E-state index < -0.39 is 17.7 Å². The molecular weight excluding hydrogens is 389 g/mol. The fourth-order valence-electron chi connectivity index (χ4n) is 2.47. The van der Waals surface area contributed by atoms with E-state index >= 15 is 0 Å². The smallest absolute Gasteiger partial charge is 0.341 e. The van der Waals surface area contributed by atoms with Crippen molar-refractivity contribution in [3.63, 3.8) is 0 Å². The van der Waals surface area contributed by atoms with Gasteiger partial charge in [-0.3, -0.25) is 4.79 Å². The third kappa shape index (κ3) is 4.35. The number of esters is 1. The van der Waals surface area contributed by atoms with Gasteiger partial charge >= 0.3 is 5.97 Å². The minimum Gasteiger partial charge on any atom is -0.462 e. The molecule has 1 aromatic heterocycles. The Bertz CT molecular complexity index is 968. The van der Waals surface area contributed by atoms with Crippen LogP contribution in [0.25, 0.3) is 11.1 Å². The Morgan fingerprint density at radius 3 is 2.41 bits per heavy atom. The quantitative estimate of drug-likeness (QED) is 0.561. The number of benzene rings is 2. The Kier molecular flexibility index (Phi) is 5.88. The van der Waals surface area contributed by atoms with E-state index in [1.807, 2.05) is 0 Å². The zero-order valence-corrected chi connectivity index (χ0v) is 15.9. The number of ether oxygens (including phenoxy) is 1. The second-order valence-electron chi connectivity index (χ2n) is 5.54. The molecule has 0 fully saturated rings. The lowest BCUT2D eigenvalue weighted by Crippen LogP contribution is -2.14. The van der Waals surface area contributed by atoms with E-state index in [0.29, 0.717) is 15.6 Å². The summed E-state index contributed by atoms with van der Waals surface area (Å²) in [5.41, 5.74) is 1.98. The normalized spacial score (nSPS) is 10.5. The second kappa shape index (κ2) is 8.33. The molecule has 0 saturated heterocycles. The topological polar surface area (TPSA) is 55.4 Å². The van der Waals surface area contributed by atoms with E-state index in [2.05, 4.69) is 5.32 Å². The predicted molar refractivity (Wildman–Crippen MR) is 105 cm³/mol. The molecule has 7 heteroatoms. The van der Waals surface area contributed by atoms with Crippen LogP contribution in [-0.2, 0) is 4.74 Å². The number of anilines is 1. The summed E-state index contributed by atoms with van der Waals surface area (Å²) in [6.45, 7) is 1.92. The number of amides is 1. The molecule has 0 saturated carbocycles. The van der Waals surface area contributed by atoms with Crippen molar-refractivity contribution in [1.82, 2.24) is 0 Å². The first kappa shape index (κ1) is 19.1. The number of halogens is 2. The van der Waals surface area contributed by atoms with Gasteiger partial charge in [0.25, 0.3) is 5.91 Å². The summed E-state index contributed by atoms with van der Waals surface area (Å²) in [4.78, 5) is 25.0. The molecule has 0 radical (unpaired) electrons. The van der Waals surface area contributed by atoms with E-state index in [-0.39, 0.29) is 17.7 Å². The van der Waals surface area contributed by atoms with E-state index in [0.717, 1.165) is 5.56 Å². The summed E-state index contributed by atoms with van der Waals surface area (Å²) in [5, 5.41) is 5.44. The van der Waals surface area contributed by atoms with Gasteiger partial charge in [-0.15, -0.1) is 11.3 Å². The summed E-state index contributed by atoms with van der Waals surface area (Å²) >= 11 is 7.15. The molecule has 4 nitrogen and oxygen atoms in total. The Labute approximate surface area is 164 Å². The molecule has 0 aliphatic rings. The number of carbonyl (C=O) groups is 2. The van der Waals surface area contributed by atoms with Gasteiger partial charge in [-0.2, -0.15) is 0 Å². The monoisotopic (exact) mass is 403 g/mol. The molecule has 2 aromatic carbocycles. The summed E-state index contributed by atoms with van der Waals surface area (Å²) in [5.74, 6) is -1.40. The summed E-state index contributed by atoms with van der Waals surface area (Å²) in [6, 6.07) is 12.2. The maximum atomic E-state index is 13.1. The van der Waals surface area contributed by atoms with Crippen molar-refractivity contribution in [2.75, 3.05) is 11.9 Å². The summed E-state index contributed by atoms with van der Waals surface area (Å²) in [7, 11) is 0. The average Bonchev–Trinajstić information content (AvgIpc) is 3.06. The van der Waals surface area contributed by atoms with Gasteiger partial charge in [0.2, 0.25) is 0 Å². The highest BCUT2D eigenvalue weighted by Gasteiger charge is 2.23. The number of rotatable bonds is 5. The van der Waals surface area contributed by atoms with Crippen molar-refractivity contribution in [3.05, 3.63) is 75.9 Å². The Balaban J connectivity index is 1.97. The highest BCUT2D eigenvalue weighted by molar-refractivity contribution is 7.15. The highest BCUT2D eigenvalue weighted by atomic mass is 35.5. The molecule has 0 unspecified atom stereocenters. The molecule has 1 heterocycles. The molecule has 138 valence electrons. The summed E-state index contributed by atoms with van der Waals surface area (Å²) in [6.07, 6.45) is 0. The molecule has 0 bridgehead atoms. The fraction of sp³-hybridized carbons (Fsp3) is 0.100. The Hall–Kier alpha value is -2.70. The third-order valence-electron chi connectivity index (χ3n) is 3.76. The lowest BCUT2D eigenvalue weighted by molar-refractivity contribution is 0.0529. The first-order valence-electron chi connectivity index (χ1n) is 8.11. The van der Waals surface area contributed by atoms with Crippen LogP contribution in [0.1, 0.15) is 27.6 Å². The first-order valence-corrected chi connectivity index (χ1v) is 9.36. The van der Waals surface area contributed by atoms with Gasteiger partial charge in [-0.05, 0) is 48.9 Å². The third-order valence-corrected chi connectivity index (χ3v) is 4.91. The lowest BCUT2D eigenvalue weighted by atomic mass is 10.0. The molecular formula is C20H15ClFNO3S. The number of hydrogen-bond acceptors (Lipinski definition) is 4. The molecule has 1 amide bonds. The first-order chi connectivity index (χ1) is 13.0. The predicted octanol–water partition coefficient (Wildman–Crippen LogP) is 5.64. The zero-order chi connectivity index (χ0) is 19.4. The molecule has 0 aliphatic carbocycles. The van der Waals surface area contributed by atoms with Crippen LogP contribution in [-0.4, -0.2) is 18.5 Å². The van der Waals surface area contributed by atoms with Crippen LogP contribution in [0.5, 0.6) is 0 Å².